The quantitative estimate of drug-likeness (QED) is 0.621. The number of benzene rings is 2. The third kappa shape index (κ3) is 5.41. The first-order valence-corrected chi connectivity index (χ1v) is 9.66. The first-order valence-electron chi connectivity index (χ1n) is 9.66. The first kappa shape index (κ1) is 21.0. The summed E-state index contributed by atoms with van der Waals surface area (Å²) in [6, 6.07) is 15.4. The molecule has 154 valence electrons. The second kappa shape index (κ2) is 9.65. The smallest absolute Gasteiger partial charge is 0.321 e. The highest BCUT2D eigenvalue weighted by Gasteiger charge is 2.25. The van der Waals surface area contributed by atoms with E-state index in [9.17, 15) is 9.59 Å². The topological polar surface area (TPSA) is 93.2 Å². The second-order valence-corrected chi connectivity index (χ2v) is 7.16. The minimum Gasteiger partial charge on any atom is -0.424 e. The fourth-order valence-corrected chi connectivity index (χ4v) is 2.84. The Morgan fingerprint density at radius 3 is 2.30 bits per heavy atom. The Balaban J connectivity index is 1.68. The summed E-state index contributed by atoms with van der Waals surface area (Å²) in [5, 5.41) is 5.72. The number of ether oxygens (including phenoxy) is 1. The molecule has 2 amide bonds. The molecular weight excluding hydrogens is 380 g/mol. The van der Waals surface area contributed by atoms with Crippen molar-refractivity contribution in [2.45, 2.75) is 26.8 Å². The Hall–Kier alpha value is -3.74. The van der Waals surface area contributed by atoms with E-state index in [4.69, 9.17) is 4.74 Å². The lowest BCUT2D eigenvalue weighted by Gasteiger charge is -2.22. The van der Waals surface area contributed by atoms with Gasteiger partial charge in [0.05, 0.1) is 0 Å². The van der Waals surface area contributed by atoms with Crippen LogP contribution in [0.2, 0.25) is 0 Å². The molecule has 1 unspecified atom stereocenters. The van der Waals surface area contributed by atoms with Crippen LogP contribution in [0, 0.1) is 12.8 Å². The number of anilines is 1. The number of amides is 2. The van der Waals surface area contributed by atoms with Crippen LogP contribution in [0.25, 0.3) is 0 Å². The molecule has 0 fully saturated rings. The van der Waals surface area contributed by atoms with E-state index in [-0.39, 0.29) is 23.7 Å². The predicted octanol–water partition coefficient (Wildman–Crippen LogP) is 3.97. The van der Waals surface area contributed by atoms with Gasteiger partial charge in [-0.3, -0.25) is 9.59 Å². The Morgan fingerprint density at radius 1 is 0.967 bits per heavy atom. The maximum Gasteiger partial charge on any atom is 0.321 e. The summed E-state index contributed by atoms with van der Waals surface area (Å²) in [4.78, 5) is 33.4. The SMILES string of the molecule is Cc1cc(Oc2ncccn2)ccc1NC(=O)C(NC(=O)c1ccccc1)C(C)C. The van der Waals surface area contributed by atoms with Gasteiger partial charge in [0.25, 0.3) is 5.91 Å². The van der Waals surface area contributed by atoms with Crippen LogP contribution in [0.1, 0.15) is 29.8 Å². The van der Waals surface area contributed by atoms with Crippen molar-refractivity contribution in [2.24, 2.45) is 5.92 Å². The zero-order valence-corrected chi connectivity index (χ0v) is 17.1. The van der Waals surface area contributed by atoms with Crippen molar-refractivity contribution in [3.8, 4) is 11.8 Å². The average Bonchev–Trinajstić information content (AvgIpc) is 2.75. The zero-order valence-electron chi connectivity index (χ0n) is 17.1. The van der Waals surface area contributed by atoms with Gasteiger partial charge in [0.15, 0.2) is 0 Å². The van der Waals surface area contributed by atoms with Crippen LogP contribution in [0.3, 0.4) is 0 Å². The Kier molecular flexibility index (Phi) is 6.75. The van der Waals surface area contributed by atoms with Crippen LogP contribution in [-0.4, -0.2) is 27.8 Å². The molecule has 0 saturated heterocycles. The van der Waals surface area contributed by atoms with Crippen molar-refractivity contribution in [1.29, 1.82) is 0 Å². The number of aromatic nitrogens is 2. The summed E-state index contributed by atoms with van der Waals surface area (Å²) in [6.07, 6.45) is 3.19. The van der Waals surface area contributed by atoms with E-state index in [0.717, 1.165) is 5.56 Å². The van der Waals surface area contributed by atoms with Crippen molar-refractivity contribution >= 4 is 17.5 Å². The third-order valence-corrected chi connectivity index (χ3v) is 4.48. The molecule has 0 spiro atoms. The van der Waals surface area contributed by atoms with E-state index in [1.165, 1.54) is 0 Å². The standard InChI is InChI=1S/C23H24N4O3/c1-15(2)20(27-21(28)17-8-5-4-6-9-17)22(29)26-19-11-10-18(14-16(19)3)30-23-24-12-7-13-25-23/h4-15,20H,1-3H3,(H,26,29)(H,27,28). The Morgan fingerprint density at radius 2 is 1.67 bits per heavy atom. The van der Waals surface area contributed by atoms with Crippen LogP contribution in [-0.2, 0) is 4.79 Å². The normalized spacial score (nSPS) is 11.6. The Bertz CT molecular complexity index is 1010. The maximum absolute atomic E-state index is 12.9. The predicted molar refractivity (Wildman–Crippen MR) is 114 cm³/mol. The van der Waals surface area contributed by atoms with Gasteiger partial charge in [0, 0.05) is 23.6 Å². The molecule has 2 aromatic carbocycles. The van der Waals surface area contributed by atoms with Gasteiger partial charge in [-0.25, -0.2) is 9.97 Å². The second-order valence-electron chi connectivity index (χ2n) is 7.16. The van der Waals surface area contributed by atoms with Gasteiger partial charge in [-0.1, -0.05) is 32.0 Å². The van der Waals surface area contributed by atoms with Gasteiger partial charge in [0.2, 0.25) is 5.91 Å². The maximum atomic E-state index is 12.9. The summed E-state index contributed by atoms with van der Waals surface area (Å²) in [5.74, 6) is -0.0875. The van der Waals surface area contributed by atoms with Crippen LogP contribution >= 0.6 is 0 Å². The van der Waals surface area contributed by atoms with E-state index in [0.29, 0.717) is 17.0 Å². The number of aryl methyl sites for hydroxylation is 1. The molecular formula is C23H24N4O3. The van der Waals surface area contributed by atoms with Gasteiger partial charge in [-0.15, -0.1) is 0 Å². The van der Waals surface area contributed by atoms with Crippen LogP contribution in [0.4, 0.5) is 5.69 Å². The summed E-state index contributed by atoms with van der Waals surface area (Å²) < 4.78 is 5.61. The molecule has 1 aromatic heterocycles. The van der Waals surface area contributed by atoms with Crippen molar-refractivity contribution in [3.05, 3.63) is 78.1 Å². The lowest BCUT2D eigenvalue weighted by atomic mass is 10.0. The van der Waals surface area contributed by atoms with Gasteiger partial charge < -0.3 is 15.4 Å². The van der Waals surface area contributed by atoms with Crippen molar-refractivity contribution < 1.29 is 14.3 Å². The minimum absolute atomic E-state index is 0.0872. The first-order chi connectivity index (χ1) is 14.4. The summed E-state index contributed by atoms with van der Waals surface area (Å²) in [7, 11) is 0. The van der Waals surface area contributed by atoms with Crippen molar-refractivity contribution in [1.82, 2.24) is 15.3 Å². The molecule has 2 N–H and O–H groups in total. The monoisotopic (exact) mass is 404 g/mol. The molecule has 0 aliphatic carbocycles. The largest absolute Gasteiger partial charge is 0.424 e. The highest BCUT2D eigenvalue weighted by Crippen LogP contribution is 2.24. The number of nitrogens with zero attached hydrogens (tertiary/aromatic N) is 2. The molecule has 0 aliphatic heterocycles. The van der Waals surface area contributed by atoms with E-state index < -0.39 is 6.04 Å². The molecule has 0 aliphatic rings. The summed E-state index contributed by atoms with van der Waals surface area (Å²) in [6.45, 7) is 5.64. The molecule has 30 heavy (non-hydrogen) atoms. The number of carbonyl (C=O) groups is 2. The highest BCUT2D eigenvalue weighted by atomic mass is 16.5. The third-order valence-electron chi connectivity index (χ3n) is 4.48. The molecule has 0 bridgehead atoms. The fraction of sp³-hybridized carbons (Fsp3) is 0.217. The molecule has 7 heteroatoms. The molecule has 3 aromatic rings. The molecule has 3 rings (SSSR count). The van der Waals surface area contributed by atoms with E-state index >= 15 is 0 Å². The summed E-state index contributed by atoms with van der Waals surface area (Å²) >= 11 is 0. The average molecular weight is 404 g/mol. The summed E-state index contributed by atoms with van der Waals surface area (Å²) in [5.41, 5.74) is 1.96. The number of carbonyl (C=O) groups excluding carboxylic acids is 2. The lowest BCUT2D eigenvalue weighted by Crippen LogP contribution is -2.47. The molecule has 1 atom stereocenters. The highest BCUT2D eigenvalue weighted by molar-refractivity contribution is 6.01. The van der Waals surface area contributed by atoms with E-state index in [1.54, 1.807) is 60.9 Å². The van der Waals surface area contributed by atoms with E-state index in [1.807, 2.05) is 26.8 Å². The molecule has 0 saturated carbocycles. The van der Waals surface area contributed by atoms with Gasteiger partial charge in [-0.05, 0) is 54.8 Å². The molecule has 1 heterocycles. The number of hydrogen-bond donors (Lipinski definition) is 2. The lowest BCUT2D eigenvalue weighted by molar-refractivity contribution is -0.118. The van der Waals surface area contributed by atoms with Gasteiger partial charge >= 0.3 is 6.01 Å². The fourth-order valence-electron chi connectivity index (χ4n) is 2.84. The van der Waals surface area contributed by atoms with E-state index in [2.05, 4.69) is 20.6 Å². The van der Waals surface area contributed by atoms with Gasteiger partial charge in [-0.2, -0.15) is 0 Å². The van der Waals surface area contributed by atoms with Crippen molar-refractivity contribution in [2.75, 3.05) is 5.32 Å². The Labute approximate surface area is 175 Å². The molecule has 7 nitrogen and oxygen atoms in total. The van der Waals surface area contributed by atoms with Crippen molar-refractivity contribution in [3.63, 3.8) is 0 Å². The molecule has 0 radical (unpaired) electrons. The number of rotatable bonds is 7. The van der Waals surface area contributed by atoms with Crippen LogP contribution in [0.15, 0.2) is 67.0 Å². The van der Waals surface area contributed by atoms with Crippen LogP contribution < -0.4 is 15.4 Å². The zero-order chi connectivity index (χ0) is 21.5. The number of hydrogen-bond acceptors (Lipinski definition) is 5. The number of nitrogens with one attached hydrogen (secondary N) is 2. The van der Waals surface area contributed by atoms with Crippen LogP contribution in [0.5, 0.6) is 11.8 Å². The minimum atomic E-state index is -0.675. The van der Waals surface area contributed by atoms with Gasteiger partial charge in [0.1, 0.15) is 11.8 Å².